The molecule has 0 aliphatic rings. The monoisotopic (exact) mass is 312 g/mol. The average molecular weight is 312 g/mol. The van der Waals surface area contributed by atoms with Crippen molar-refractivity contribution >= 4 is 22.4 Å². The molecule has 4 rings (SSSR count). The molecular weight excluding hydrogens is 303 g/mol. The number of thiazole rings is 1. The Morgan fingerprint density at radius 3 is 2.68 bits per heavy atom. The lowest BCUT2D eigenvalue weighted by molar-refractivity contribution is 0.539. The SMILES string of the molecule is O=c1oc2ccc(F)c(-c3ccccc3)c2n1-c1cscn1. The maximum absolute atomic E-state index is 14.5. The van der Waals surface area contributed by atoms with Crippen LogP contribution in [0.2, 0.25) is 0 Å². The van der Waals surface area contributed by atoms with Gasteiger partial charge >= 0.3 is 5.76 Å². The molecule has 0 saturated carbocycles. The van der Waals surface area contributed by atoms with Gasteiger partial charge in [-0.2, -0.15) is 0 Å². The van der Waals surface area contributed by atoms with E-state index < -0.39 is 11.6 Å². The largest absolute Gasteiger partial charge is 0.425 e. The molecule has 4 nitrogen and oxygen atoms in total. The van der Waals surface area contributed by atoms with Crippen LogP contribution in [0.4, 0.5) is 4.39 Å². The Balaban J connectivity index is 2.17. The highest BCUT2D eigenvalue weighted by Gasteiger charge is 2.20. The fourth-order valence-corrected chi connectivity index (χ4v) is 3.00. The zero-order valence-electron chi connectivity index (χ0n) is 11.2. The molecule has 2 aromatic carbocycles. The normalized spacial score (nSPS) is 11.1. The molecule has 108 valence electrons. The third-order valence-electron chi connectivity index (χ3n) is 3.40. The van der Waals surface area contributed by atoms with Crippen molar-refractivity contribution in [2.75, 3.05) is 0 Å². The van der Waals surface area contributed by atoms with Gasteiger partial charge in [-0.15, -0.1) is 11.3 Å². The maximum atomic E-state index is 14.5. The molecule has 0 spiro atoms. The fourth-order valence-electron chi connectivity index (χ4n) is 2.49. The summed E-state index contributed by atoms with van der Waals surface area (Å²) in [7, 11) is 0. The van der Waals surface area contributed by atoms with Crippen molar-refractivity contribution in [2.24, 2.45) is 0 Å². The number of benzene rings is 2. The Labute approximate surface area is 128 Å². The van der Waals surface area contributed by atoms with E-state index in [1.165, 1.54) is 28.0 Å². The summed E-state index contributed by atoms with van der Waals surface area (Å²) in [6.45, 7) is 0. The summed E-state index contributed by atoms with van der Waals surface area (Å²) >= 11 is 1.35. The minimum absolute atomic E-state index is 0.331. The fraction of sp³-hybridized carbons (Fsp3) is 0. The lowest BCUT2D eigenvalue weighted by atomic mass is 10.0. The Kier molecular flexibility index (Phi) is 2.90. The van der Waals surface area contributed by atoms with Gasteiger partial charge in [-0.1, -0.05) is 30.3 Å². The van der Waals surface area contributed by atoms with Gasteiger partial charge in [-0.05, 0) is 17.7 Å². The molecule has 0 amide bonds. The van der Waals surface area contributed by atoms with E-state index in [9.17, 15) is 9.18 Å². The molecule has 0 fully saturated rings. The van der Waals surface area contributed by atoms with E-state index in [0.717, 1.165) is 0 Å². The lowest BCUT2D eigenvalue weighted by Crippen LogP contribution is -2.12. The summed E-state index contributed by atoms with van der Waals surface area (Å²) in [5.74, 6) is -0.566. The van der Waals surface area contributed by atoms with Crippen LogP contribution in [0, 0.1) is 5.82 Å². The van der Waals surface area contributed by atoms with Crippen molar-refractivity contribution in [1.29, 1.82) is 0 Å². The Morgan fingerprint density at radius 1 is 1.14 bits per heavy atom. The van der Waals surface area contributed by atoms with E-state index in [2.05, 4.69) is 4.98 Å². The van der Waals surface area contributed by atoms with Gasteiger partial charge in [0.1, 0.15) is 11.3 Å². The van der Waals surface area contributed by atoms with Crippen LogP contribution >= 0.6 is 11.3 Å². The third-order valence-corrected chi connectivity index (χ3v) is 3.98. The van der Waals surface area contributed by atoms with E-state index in [-0.39, 0.29) is 0 Å². The molecule has 0 aliphatic heterocycles. The quantitative estimate of drug-likeness (QED) is 0.565. The van der Waals surface area contributed by atoms with Gasteiger partial charge in [0.05, 0.1) is 5.51 Å². The molecule has 0 unspecified atom stereocenters. The van der Waals surface area contributed by atoms with Gasteiger partial charge in [0, 0.05) is 10.9 Å². The van der Waals surface area contributed by atoms with E-state index in [0.29, 0.717) is 28.0 Å². The molecule has 6 heteroatoms. The number of hydrogen-bond acceptors (Lipinski definition) is 4. The number of aromatic nitrogens is 2. The van der Waals surface area contributed by atoms with Gasteiger partial charge in [-0.25, -0.2) is 18.7 Å². The molecule has 0 bridgehead atoms. The van der Waals surface area contributed by atoms with E-state index in [4.69, 9.17) is 4.42 Å². The highest BCUT2D eigenvalue weighted by Crippen LogP contribution is 2.32. The van der Waals surface area contributed by atoms with Crippen LogP contribution in [0.5, 0.6) is 0 Å². The summed E-state index contributed by atoms with van der Waals surface area (Å²) in [4.78, 5) is 16.3. The van der Waals surface area contributed by atoms with Gasteiger partial charge < -0.3 is 4.42 Å². The first-order valence-corrected chi connectivity index (χ1v) is 7.48. The Morgan fingerprint density at radius 2 is 1.95 bits per heavy atom. The second-order valence-corrected chi connectivity index (χ2v) is 5.40. The number of fused-ring (bicyclic) bond motifs is 1. The van der Waals surface area contributed by atoms with Crippen molar-refractivity contribution in [3.8, 4) is 16.9 Å². The second kappa shape index (κ2) is 4.92. The first kappa shape index (κ1) is 13.0. The predicted octanol–water partition coefficient (Wildman–Crippen LogP) is 3.85. The number of hydrogen-bond donors (Lipinski definition) is 0. The predicted molar refractivity (Wildman–Crippen MR) is 82.9 cm³/mol. The number of rotatable bonds is 2. The van der Waals surface area contributed by atoms with Crippen LogP contribution in [-0.2, 0) is 0 Å². The topological polar surface area (TPSA) is 48.0 Å². The maximum Gasteiger partial charge on any atom is 0.425 e. The highest BCUT2D eigenvalue weighted by molar-refractivity contribution is 7.07. The summed E-state index contributed by atoms with van der Waals surface area (Å²) < 4.78 is 21.0. The van der Waals surface area contributed by atoms with Crippen LogP contribution < -0.4 is 5.76 Å². The minimum Gasteiger partial charge on any atom is -0.407 e. The average Bonchev–Trinajstić information content (AvgIpc) is 3.15. The first-order valence-electron chi connectivity index (χ1n) is 6.54. The van der Waals surface area contributed by atoms with Crippen LogP contribution in [-0.4, -0.2) is 9.55 Å². The molecule has 0 saturated heterocycles. The van der Waals surface area contributed by atoms with Gasteiger partial charge in [0.15, 0.2) is 11.4 Å². The van der Waals surface area contributed by atoms with Gasteiger partial charge in [-0.3, -0.25) is 0 Å². The smallest absolute Gasteiger partial charge is 0.407 e. The van der Waals surface area contributed by atoms with Crippen molar-refractivity contribution < 1.29 is 8.81 Å². The zero-order valence-corrected chi connectivity index (χ0v) is 12.0. The standard InChI is InChI=1S/C16H9FN2O2S/c17-11-6-7-12-15(14(11)10-4-2-1-3-5-10)19(16(20)21-12)13-8-22-9-18-13/h1-9H. The van der Waals surface area contributed by atoms with Crippen LogP contribution in [0.3, 0.4) is 0 Å². The van der Waals surface area contributed by atoms with Crippen LogP contribution in [0.1, 0.15) is 0 Å². The second-order valence-electron chi connectivity index (χ2n) is 4.69. The van der Waals surface area contributed by atoms with Crippen molar-refractivity contribution in [3.63, 3.8) is 0 Å². The van der Waals surface area contributed by atoms with Crippen LogP contribution in [0.25, 0.3) is 28.0 Å². The Hall–Kier alpha value is -2.73. The summed E-state index contributed by atoms with van der Waals surface area (Å²) in [5, 5.41) is 1.72. The first-order chi connectivity index (χ1) is 10.8. The van der Waals surface area contributed by atoms with Crippen LogP contribution in [0.15, 0.2) is 62.6 Å². The third kappa shape index (κ3) is 1.88. The molecule has 2 aromatic heterocycles. The van der Waals surface area contributed by atoms with Crippen molar-refractivity contribution in [2.45, 2.75) is 0 Å². The number of nitrogens with zero attached hydrogens (tertiary/aromatic N) is 2. The molecule has 2 heterocycles. The lowest BCUT2D eigenvalue weighted by Gasteiger charge is -2.07. The van der Waals surface area contributed by atoms with Crippen molar-refractivity contribution in [1.82, 2.24) is 9.55 Å². The highest BCUT2D eigenvalue weighted by atomic mass is 32.1. The molecule has 0 radical (unpaired) electrons. The molecule has 0 atom stereocenters. The molecule has 0 N–H and O–H groups in total. The van der Waals surface area contributed by atoms with Gasteiger partial charge in [0.2, 0.25) is 0 Å². The molecule has 4 aromatic rings. The molecular formula is C16H9FN2O2S. The Bertz CT molecular complexity index is 1000. The van der Waals surface area contributed by atoms with E-state index in [1.54, 1.807) is 23.0 Å². The number of oxazole rings is 1. The van der Waals surface area contributed by atoms with E-state index in [1.807, 2.05) is 18.2 Å². The molecule has 0 aliphatic carbocycles. The molecule has 22 heavy (non-hydrogen) atoms. The van der Waals surface area contributed by atoms with Gasteiger partial charge in [0.25, 0.3) is 0 Å². The van der Waals surface area contributed by atoms with E-state index >= 15 is 0 Å². The zero-order chi connectivity index (χ0) is 15.1. The van der Waals surface area contributed by atoms with Crippen molar-refractivity contribution in [3.05, 3.63) is 69.7 Å². The summed E-state index contributed by atoms with van der Waals surface area (Å²) in [5.41, 5.74) is 3.34. The summed E-state index contributed by atoms with van der Waals surface area (Å²) in [6.07, 6.45) is 0. The number of halogens is 1. The minimum atomic E-state index is -0.580. The summed E-state index contributed by atoms with van der Waals surface area (Å²) in [6, 6.07) is 11.8.